The smallest absolute Gasteiger partial charge is 0.159 e. The highest BCUT2D eigenvalue weighted by Crippen LogP contribution is 2.42. The van der Waals surface area contributed by atoms with Gasteiger partial charge in [-0.1, -0.05) is 152 Å². The van der Waals surface area contributed by atoms with Gasteiger partial charge in [0.2, 0.25) is 0 Å². The molecule has 66 heavy (non-hydrogen) atoms. The van der Waals surface area contributed by atoms with Crippen molar-refractivity contribution in [3.63, 3.8) is 0 Å². The van der Waals surface area contributed by atoms with Gasteiger partial charge in [-0.25, -0.2) is 9.98 Å². The third-order valence-corrected chi connectivity index (χ3v) is 13.6. The molecule has 3 heterocycles. The van der Waals surface area contributed by atoms with Crippen LogP contribution in [0, 0.1) is 0 Å². The van der Waals surface area contributed by atoms with E-state index in [-0.39, 0.29) is 6.17 Å². The number of aromatic nitrogens is 1. The normalized spacial score (nSPS) is 14.2. The van der Waals surface area contributed by atoms with Gasteiger partial charge in [0, 0.05) is 38.2 Å². The minimum atomic E-state index is -0.377. The Hall–Kier alpha value is -8.80. The Bertz CT molecular complexity index is 4230. The van der Waals surface area contributed by atoms with Gasteiger partial charge in [-0.15, -0.1) is 0 Å². The largest absolute Gasteiger partial charge is 0.456 e. The van der Waals surface area contributed by atoms with Crippen LogP contribution >= 0.6 is 0 Å². The second-order valence-corrected chi connectivity index (χ2v) is 17.4. The molecule has 1 aliphatic heterocycles. The maximum atomic E-state index is 6.56. The number of hydrogen-bond donors (Lipinski definition) is 1. The molecule has 5 nitrogen and oxygen atoms in total. The van der Waals surface area contributed by atoms with Crippen LogP contribution in [0.3, 0.4) is 0 Å². The number of furan rings is 1. The van der Waals surface area contributed by atoms with Crippen LogP contribution in [0.15, 0.2) is 233 Å². The van der Waals surface area contributed by atoms with E-state index >= 15 is 0 Å². The van der Waals surface area contributed by atoms with Crippen LogP contribution in [0.5, 0.6) is 0 Å². The van der Waals surface area contributed by atoms with E-state index < -0.39 is 0 Å². The maximum Gasteiger partial charge on any atom is 0.159 e. The first kappa shape index (κ1) is 36.7. The predicted molar refractivity (Wildman–Crippen MR) is 275 cm³/mol. The van der Waals surface area contributed by atoms with Crippen LogP contribution in [0.25, 0.3) is 104 Å². The number of benzene rings is 11. The molecule has 0 aliphatic carbocycles. The van der Waals surface area contributed by atoms with Gasteiger partial charge in [-0.3, -0.25) is 0 Å². The number of nitrogens with zero attached hydrogens (tertiary/aromatic N) is 3. The Labute approximate surface area is 379 Å². The van der Waals surface area contributed by atoms with Gasteiger partial charge in [-0.05, 0) is 121 Å². The molecule has 0 saturated heterocycles. The van der Waals surface area contributed by atoms with Crippen LogP contribution in [-0.4, -0.2) is 16.2 Å². The minimum absolute atomic E-state index is 0.377. The summed E-state index contributed by atoms with van der Waals surface area (Å²) in [5.74, 6) is 1.44. The molecule has 0 bridgehead atoms. The van der Waals surface area contributed by atoms with Gasteiger partial charge in [0.1, 0.15) is 23.2 Å². The fourth-order valence-corrected chi connectivity index (χ4v) is 10.3. The lowest BCUT2D eigenvalue weighted by Gasteiger charge is -2.24. The number of amidine groups is 2. The minimum Gasteiger partial charge on any atom is -0.456 e. The Balaban J connectivity index is 1.03. The maximum absolute atomic E-state index is 6.56. The molecule has 1 aliphatic rings. The number of nitrogens with one attached hydrogen (secondary N) is 1. The molecular weight excluding hydrogens is 805 g/mol. The monoisotopic (exact) mass is 842 g/mol. The third-order valence-electron chi connectivity index (χ3n) is 13.6. The summed E-state index contributed by atoms with van der Waals surface area (Å²) >= 11 is 0. The summed E-state index contributed by atoms with van der Waals surface area (Å²) in [6, 6.07) is 78.4. The summed E-state index contributed by atoms with van der Waals surface area (Å²) in [5.41, 5.74) is 10.1. The van der Waals surface area contributed by atoms with Crippen LogP contribution in [0.4, 0.5) is 0 Å². The molecule has 2 aromatic heterocycles. The fourth-order valence-electron chi connectivity index (χ4n) is 10.3. The molecule has 14 rings (SSSR count). The summed E-state index contributed by atoms with van der Waals surface area (Å²) in [4.78, 5) is 10.8. The van der Waals surface area contributed by atoms with Gasteiger partial charge in [0.05, 0.1) is 16.7 Å². The highest BCUT2D eigenvalue weighted by Gasteiger charge is 2.25. The number of fused-ring (bicyclic) bond motifs is 11. The Morgan fingerprint density at radius 1 is 0.409 bits per heavy atom. The standard InChI is InChI=1S/C61H38N4O/c1-3-14-40-31-45(23-21-37(40)11-1)59-62-60(46-24-22-38-12-2-4-15-41(38)32-46)64-61(63-59)47-27-29-53(51(34-47)44-25-28-50-49-19-9-10-20-56(49)66-57(50)36-44)65-54-30-26-39-13-7-8-18-48(39)58(54)52-33-42-16-5-6-17-43(42)35-55(52)65/h1-36,59H,(H,62,63,64). The van der Waals surface area contributed by atoms with E-state index in [2.05, 4.69) is 216 Å². The molecule has 0 radical (unpaired) electrons. The molecule has 11 aromatic carbocycles. The van der Waals surface area contributed by atoms with E-state index in [9.17, 15) is 0 Å². The van der Waals surface area contributed by atoms with Crippen molar-refractivity contribution in [2.24, 2.45) is 9.98 Å². The van der Waals surface area contributed by atoms with E-state index in [0.29, 0.717) is 5.84 Å². The topological polar surface area (TPSA) is 54.8 Å². The lowest BCUT2D eigenvalue weighted by molar-refractivity contribution is 0.669. The summed E-state index contributed by atoms with van der Waals surface area (Å²) in [5, 5.41) is 18.0. The van der Waals surface area contributed by atoms with Crippen molar-refractivity contribution in [1.29, 1.82) is 0 Å². The van der Waals surface area contributed by atoms with Crippen LogP contribution in [-0.2, 0) is 0 Å². The summed E-state index contributed by atoms with van der Waals surface area (Å²) in [6.45, 7) is 0. The van der Waals surface area contributed by atoms with Crippen molar-refractivity contribution in [3.8, 4) is 16.8 Å². The average molecular weight is 843 g/mol. The predicted octanol–water partition coefficient (Wildman–Crippen LogP) is 15.5. The van der Waals surface area contributed by atoms with E-state index in [1.165, 1.54) is 48.5 Å². The van der Waals surface area contributed by atoms with E-state index in [4.69, 9.17) is 14.4 Å². The van der Waals surface area contributed by atoms with Gasteiger partial charge >= 0.3 is 0 Å². The van der Waals surface area contributed by atoms with Gasteiger partial charge < -0.3 is 14.3 Å². The zero-order chi connectivity index (χ0) is 43.3. The van der Waals surface area contributed by atoms with E-state index in [1.54, 1.807) is 0 Å². The fraction of sp³-hybridized carbons (Fsp3) is 0.0164. The van der Waals surface area contributed by atoms with Crippen LogP contribution in [0.2, 0.25) is 0 Å². The van der Waals surface area contributed by atoms with Crippen LogP contribution in [0.1, 0.15) is 22.9 Å². The zero-order valence-electron chi connectivity index (χ0n) is 35.6. The molecule has 0 saturated carbocycles. The first-order chi connectivity index (χ1) is 32.7. The van der Waals surface area contributed by atoms with Crippen molar-refractivity contribution < 1.29 is 4.42 Å². The second-order valence-electron chi connectivity index (χ2n) is 17.4. The molecule has 1 N–H and O–H groups in total. The van der Waals surface area contributed by atoms with Crippen molar-refractivity contribution in [3.05, 3.63) is 235 Å². The molecule has 0 fully saturated rings. The summed E-state index contributed by atoms with van der Waals surface area (Å²) in [7, 11) is 0. The van der Waals surface area contributed by atoms with Crippen molar-refractivity contribution in [2.45, 2.75) is 6.17 Å². The molecule has 1 unspecified atom stereocenters. The molecule has 13 aromatic rings. The molecule has 0 spiro atoms. The Kier molecular flexibility index (Phi) is 7.98. The Morgan fingerprint density at radius 2 is 1.03 bits per heavy atom. The summed E-state index contributed by atoms with van der Waals surface area (Å²) in [6.07, 6.45) is -0.377. The molecule has 0 amide bonds. The first-order valence-corrected chi connectivity index (χ1v) is 22.5. The van der Waals surface area contributed by atoms with E-state index in [0.717, 1.165) is 77.7 Å². The van der Waals surface area contributed by atoms with Crippen molar-refractivity contribution in [2.75, 3.05) is 0 Å². The van der Waals surface area contributed by atoms with Gasteiger partial charge in [0.25, 0.3) is 0 Å². The highest BCUT2D eigenvalue weighted by molar-refractivity contribution is 6.24. The van der Waals surface area contributed by atoms with E-state index in [1.807, 2.05) is 12.1 Å². The quantitative estimate of drug-likeness (QED) is 0.188. The van der Waals surface area contributed by atoms with Crippen LogP contribution < -0.4 is 5.32 Å². The second kappa shape index (κ2) is 14.4. The number of aliphatic imine (C=N–C) groups is 2. The lowest BCUT2D eigenvalue weighted by atomic mass is 9.98. The number of hydrogen-bond acceptors (Lipinski definition) is 4. The third kappa shape index (κ3) is 5.80. The molecule has 308 valence electrons. The molecule has 5 heteroatoms. The number of para-hydroxylation sites is 1. The number of rotatable bonds is 5. The van der Waals surface area contributed by atoms with Gasteiger partial charge in [0.15, 0.2) is 5.84 Å². The summed E-state index contributed by atoms with van der Waals surface area (Å²) < 4.78 is 9.01. The van der Waals surface area contributed by atoms with Crippen molar-refractivity contribution in [1.82, 2.24) is 9.88 Å². The average Bonchev–Trinajstić information content (AvgIpc) is 3.92. The Morgan fingerprint density at radius 3 is 1.85 bits per heavy atom. The molecular formula is C61H38N4O. The van der Waals surface area contributed by atoms with Crippen molar-refractivity contribution >= 4 is 98.5 Å². The SMILES string of the molecule is c1ccc2cc(C3=NC(c4ccc(-n5c6cc7ccccc7cc6c6c7ccccc7ccc65)c(-c5ccc6c(c5)oc5ccccc56)c4)=NC(c4ccc5ccccc5c4)N3)ccc2c1. The lowest BCUT2D eigenvalue weighted by Crippen LogP contribution is -2.33. The van der Waals surface area contributed by atoms with Gasteiger partial charge in [-0.2, -0.15) is 0 Å². The zero-order valence-corrected chi connectivity index (χ0v) is 35.6. The molecule has 1 atom stereocenters. The highest BCUT2D eigenvalue weighted by atomic mass is 16.3. The first-order valence-electron chi connectivity index (χ1n) is 22.5.